The van der Waals surface area contributed by atoms with Crippen LogP contribution in [0.5, 0.6) is 0 Å². The maximum absolute atomic E-state index is 12.6. The van der Waals surface area contributed by atoms with Gasteiger partial charge in [-0.3, -0.25) is 9.48 Å². The molecule has 0 saturated carbocycles. The number of amides is 1. The summed E-state index contributed by atoms with van der Waals surface area (Å²) < 4.78 is 39.5. The molecule has 0 unspecified atom stereocenters. The number of benzene rings is 1. The van der Waals surface area contributed by atoms with Crippen LogP contribution < -0.4 is 5.32 Å². The van der Waals surface area contributed by atoms with E-state index in [4.69, 9.17) is 0 Å². The minimum absolute atomic E-state index is 0.389. The van der Waals surface area contributed by atoms with Gasteiger partial charge in [-0.1, -0.05) is 12.1 Å². The molecule has 0 atom stereocenters. The first kappa shape index (κ1) is 19.7. The highest BCUT2D eigenvalue weighted by atomic mass is 19.4. The van der Waals surface area contributed by atoms with Gasteiger partial charge in [0.05, 0.1) is 12.1 Å². The van der Waals surface area contributed by atoms with Crippen LogP contribution in [0.25, 0.3) is 5.57 Å². The average molecular weight is 366 g/mol. The van der Waals surface area contributed by atoms with Crippen LogP contribution in [0.4, 0.5) is 19.0 Å². The first-order chi connectivity index (χ1) is 12.1. The second-order valence-corrected chi connectivity index (χ2v) is 6.16. The van der Waals surface area contributed by atoms with Crippen molar-refractivity contribution in [2.45, 2.75) is 19.6 Å². The Kier molecular flexibility index (Phi) is 6.20. The summed E-state index contributed by atoms with van der Waals surface area (Å²) in [6.45, 7) is 3.18. The highest BCUT2D eigenvalue weighted by molar-refractivity contribution is 6.03. The van der Waals surface area contributed by atoms with Gasteiger partial charge in [0.25, 0.3) is 0 Å². The second kappa shape index (κ2) is 8.18. The standard InChI is InChI=1S/C18H21F3N4O/c1-13(14-4-6-15(7-5-14)18(19,20)21)12-17(26)22-16-8-9-25(23-16)11-10-24(2)3/h4-9,12H,10-11H2,1-3H3,(H,22,23,26)/b13-12-. The number of aromatic nitrogens is 2. The third-order valence-electron chi connectivity index (χ3n) is 3.68. The zero-order valence-corrected chi connectivity index (χ0v) is 14.8. The Balaban J connectivity index is 1.99. The Morgan fingerprint density at radius 3 is 2.46 bits per heavy atom. The predicted octanol–water partition coefficient (Wildman–Crippen LogP) is 3.51. The molecule has 1 aromatic carbocycles. The molecule has 0 aliphatic heterocycles. The van der Waals surface area contributed by atoms with E-state index in [0.29, 0.717) is 23.5 Å². The fourth-order valence-corrected chi connectivity index (χ4v) is 2.22. The van der Waals surface area contributed by atoms with E-state index in [-0.39, 0.29) is 5.91 Å². The zero-order valence-electron chi connectivity index (χ0n) is 14.8. The maximum Gasteiger partial charge on any atom is 0.416 e. The Hall–Kier alpha value is -2.61. The smallest absolute Gasteiger partial charge is 0.308 e. The van der Waals surface area contributed by atoms with Gasteiger partial charge in [0.15, 0.2) is 5.82 Å². The van der Waals surface area contributed by atoms with E-state index in [0.717, 1.165) is 18.7 Å². The van der Waals surface area contributed by atoms with E-state index in [9.17, 15) is 18.0 Å². The van der Waals surface area contributed by atoms with Crippen LogP contribution in [-0.2, 0) is 17.5 Å². The third kappa shape index (κ3) is 5.73. The largest absolute Gasteiger partial charge is 0.416 e. The van der Waals surface area contributed by atoms with Gasteiger partial charge in [-0.15, -0.1) is 0 Å². The summed E-state index contributed by atoms with van der Waals surface area (Å²) in [4.78, 5) is 14.1. The molecule has 5 nitrogen and oxygen atoms in total. The topological polar surface area (TPSA) is 50.2 Å². The Morgan fingerprint density at radius 2 is 1.88 bits per heavy atom. The molecule has 0 aliphatic carbocycles. The molecule has 0 saturated heterocycles. The second-order valence-electron chi connectivity index (χ2n) is 6.16. The van der Waals surface area contributed by atoms with E-state index in [1.54, 1.807) is 23.9 Å². The number of rotatable bonds is 6. The van der Waals surface area contributed by atoms with E-state index in [2.05, 4.69) is 10.4 Å². The summed E-state index contributed by atoms with van der Waals surface area (Å²) in [5.41, 5.74) is 0.384. The molecule has 0 aliphatic rings. The van der Waals surface area contributed by atoms with E-state index in [1.165, 1.54) is 18.2 Å². The number of carbonyl (C=O) groups excluding carboxylic acids is 1. The summed E-state index contributed by atoms with van der Waals surface area (Å²) in [6, 6.07) is 6.37. The maximum atomic E-state index is 12.6. The van der Waals surface area contributed by atoms with Gasteiger partial charge >= 0.3 is 6.18 Å². The number of likely N-dealkylation sites (N-methyl/N-ethyl adjacent to an activating group) is 1. The lowest BCUT2D eigenvalue weighted by Crippen LogP contribution is -2.19. The molecule has 8 heteroatoms. The fraction of sp³-hybridized carbons (Fsp3) is 0.333. The Labute approximate surface area is 150 Å². The monoisotopic (exact) mass is 366 g/mol. The molecule has 140 valence electrons. The van der Waals surface area contributed by atoms with E-state index in [1.807, 2.05) is 19.0 Å². The number of halogens is 3. The van der Waals surface area contributed by atoms with Crippen molar-refractivity contribution in [1.82, 2.24) is 14.7 Å². The van der Waals surface area contributed by atoms with Crippen molar-refractivity contribution in [3.63, 3.8) is 0 Å². The van der Waals surface area contributed by atoms with Crippen molar-refractivity contribution in [3.8, 4) is 0 Å². The summed E-state index contributed by atoms with van der Waals surface area (Å²) in [5.74, 6) is 0.0329. The van der Waals surface area contributed by atoms with Crippen molar-refractivity contribution in [2.75, 3.05) is 26.0 Å². The minimum atomic E-state index is -4.38. The highest BCUT2D eigenvalue weighted by Gasteiger charge is 2.29. The molecule has 0 fully saturated rings. The van der Waals surface area contributed by atoms with Crippen molar-refractivity contribution in [2.24, 2.45) is 0 Å². The molecule has 0 radical (unpaired) electrons. The minimum Gasteiger partial charge on any atom is -0.308 e. The number of hydrogen-bond donors (Lipinski definition) is 1. The molecular formula is C18H21F3N4O. The molecule has 0 bridgehead atoms. The number of nitrogens with zero attached hydrogens (tertiary/aromatic N) is 3. The lowest BCUT2D eigenvalue weighted by Gasteiger charge is -2.08. The van der Waals surface area contributed by atoms with Crippen LogP contribution in [0.2, 0.25) is 0 Å². The van der Waals surface area contributed by atoms with Gasteiger partial charge in [-0.2, -0.15) is 18.3 Å². The molecule has 0 spiro atoms. The van der Waals surface area contributed by atoms with Crippen LogP contribution in [0.1, 0.15) is 18.1 Å². The van der Waals surface area contributed by atoms with Gasteiger partial charge in [-0.05, 0) is 44.3 Å². The summed E-state index contributed by atoms with van der Waals surface area (Å²) in [6.07, 6.45) is -1.27. The molecule has 1 N–H and O–H groups in total. The average Bonchev–Trinajstić information content (AvgIpc) is 2.99. The van der Waals surface area contributed by atoms with Crippen LogP contribution >= 0.6 is 0 Å². The van der Waals surface area contributed by atoms with Gasteiger partial charge in [0.2, 0.25) is 5.91 Å². The van der Waals surface area contributed by atoms with Crippen molar-refractivity contribution in [1.29, 1.82) is 0 Å². The summed E-state index contributed by atoms with van der Waals surface area (Å²) in [5, 5.41) is 6.89. The summed E-state index contributed by atoms with van der Waals surface area (Å²) in [7, 11) is 3.92. The molecule has 2 rings (SSSR count). The molecule has 1 aromatic heterocycles. The van der Waals surface area contributed by atoms with Crippen LogP contribution in [-0.4, -0.2) is 41.2 Å². The molecule has 26 heavy (non-hydrogen) atoms. The normalized spacial score (nSPS) is 12.5. The number of anilines is 1. The van der Waals surface area contributed by atoms with Crippen molar-refractivity contribution >= 4 is 17.3 Å². The number of carbonyl (C=O) groups is 1. The number of allylic oxidation sites excluding steroid dienone is 1. The number of hydrogen-bond acceptors (Lipinski definition) is 3. The van der Waals surface area contributed by atoms with Gasteiger partial charge in [-0.25, -0.2) is 0 Å². The molecule has 1 amide bonds. The lowest BCUT2D eigenvalue weighted by molar-refractivity contribution is -0.137. The quantitative estimate of drug-likeness (QED) is 0.796. The van der Waals surface area contributed by atoms with Gasteiger partial charge in [0, 0.05) is 24.9 Å². The van der Waals surface area contributed by atoms with Gasteiger partial charge in [0.1, 0.15) is 0 Å². The third-order valence-corrected chi connectivity index (χ3v) is 3.68. The Morgan fingerprint density at radius 1 is 1.23 bits per heavy atom. The van der Waals surface area contributed by atoms with Crippen LogP contribution in [0.15, 0.2) is 42.6 Å². The van der Waals surface area contributed by atoms with Crippen LogP contribution in [0.3, 0.4) is 0 Å². The zero-order chi connectivity index (χ0) is 19.3. The lowest BCUT2D eigenvalue weighted by atomic mass is 10.0. The van der Waals surface area contributed by atoms with Crippen molar-refractivity contribution in [3.05, 3.63) is 53.7 Å². The first-order valence-electron chi connectivity index (χ1n) is 8.00. The van der Waals surface area contributed by atoms with Crippen molar-refractivity contribution < 1.29 is 18.0 Å². The number of alkyl halides is 3. The number of nitrogens with one attached hydrogen (secondary N) is 1. The fourth-order valence-electron chi connectivity index (χ4n) is 2.22. The highest BCUT2D eigenvalue weighted by Crippen LogP contribution is 2.30. The van der Waals surface area contributed by atoms with Gasteiger partial charge < -0.3 is 10.2 Å². The predicted molar refractivity (Wildman–Crippen MR) is 94.5 cm³/mol. The first-order valence-corrected chi connectivity index (χ1v) is 8.00. The molecular weight excluding hydrogens is 345 g/mol. The molecule has 1 heterocycles. The molecule has 2 aromatic rings. The Bertz CT molecular complexity index is 776. The SMILES string of the molecule is C/C(=C/C(=O)Nc1ccn(CCN(C)C)n1)c1ccc(C(F)(F)F)cc1. The van der Waals surface area contributed by atoms with E-state index >= 15 is 0 Å². The van der Waals surface area contributed by atoms with E-state index < -0.39 is 11.7 Å². The van der Waals surface area contributed by atoms with Crippen LogP contribution in [0, 0.1) is 0 Å². The summed E-state index contributed by atoms with van der Waals surface area (Å²) >= 11 is 0.